The molecule has 0 N–H and O–H groups in total. The molecule has 6 nitrogen and oxygen atoms in total. The number of carbonyl (C=O) groups excluding carboxylic acids is 2. The highest BCUT2D eigenvalue weighted by Gasteiger charge is 2.48. The fraction of sp³-hybridized carbons (Fsp3) is 0.385. The van der Waals surface area contributed by atoms with Crippen molar-refractivity contribution in [3.63, 3.8) is 0 Å². The molecule has 2 heterocycles. The summed E-state index contributed by atoms with van der Waals surface area (Å²) in [4.78, 5) is 30.4. The number of benzene rings is 1. The molecular formula is C26H29N3O3. The SMILES string of the molecule is Cn1cccc1CN(Cc1ccco1)C(=O)CN(C(=O)C1CC1c1ccccc1)C1CC1. The largest absolute Gasteiger partial charge is 0.467 e. The summed E-state index contributed by atoms with van der Waals surface area (Å²) >= 11 is 0. The Labute approximate surface area is 188 Å². The number of carbonyl (C=O) groups is 2. The number of amides is 2. The number of aromatic nitrogens is 1. The molecule has 3 aromatic rings. The highest BCUT2D eigenvalue weighted by molar-refractivity contribution is 5.88. The summed E-state index contributed by atoms with van der Waals surface area (Å²) in [6.07, 6.45) is 6.44. The average Bonchev–Trinajstić information content (AvgIpc) is 3.71. The predicted molar refractivity (Wildman–Crippen MR) is 120 cm³/mol. The zero-order valence-corrected chi connectivity index (χ0v) is 18.4. The number of furan rings is 1. The van der Waals surface area contributed by atoms with E-state index in [2.05, 4.69) is 12.1 Å². The molecule has 0 radical (unpaired) electrons. The van der Waals surface area contributed by atoms with E-state index < -0.39 is 0 Å². The van der Waals surface area contributed by atoms with Crippen molar-refractivity contribution in [3.8, 4) is 0 Å². The van der Waals surface area contributed by atoms with Gasteiger partial charge in [-0.25, -0.2) is 0 Å². The second kappa shape index (κ2) is 8.69. The average molecular weight is 432 g/mol. The van der Waals surface area contributed by atoms with Gasteiger partial charge < -0.3 is 18.8 Å². The first-order valence-electron chi connectivity index (χ1n) is 11.4. The minimum atomic E-state index is -0.0419. The Balaban J connectivity index is 1.29. The quantitative estimate of drug-likeness (QED) is 0.516. The van der Waals surface area contributed by atoms with E-state index in [1.54, 1.807) is 11.2 Å². The molecule has 2 aliphatic rings. The maximum atomic E-state index is 13.4. The zero-order chi connectivity index (χ0) is 22.1. The molecule has 2 fully saturated rings. The molecule has 2 aliphatic carbocycles. The van der Waals surface area contributed by atoms with Gasteiger partial charge in [0.2, 0.25) is 11.8 Å². The van der Waals surface area contributed by atoms with E-state index in [0.717, 1.165) is 30.7 Å². The summed E-state index contributed by atoms with van der Waals surface area (Å²) in [5.41, 5.74) is 2.26. The van der Waals surface area contributed by atoms with Crippen LogP contribution >= 0.6 is 0 Å². The highest BCUT2D eigenvalue weighted by Crippen LogP contribution is 2.49. The molecule has 166 valence electrons. The van der Waals surface area contributed by atoms with Gasteiger partial charge in [0.05, 0.1) is 19.4 Å². The van der Waals surface area contributed by atoms with Crippen LogP contribution < -0.4 is 0 Å². The lowest BCUT2D eigenvalue weighted by Gasteiger charge is -2.27. The lowest BCUT2D eigenvalue weighted by Crippen LogP contribution is -2.44. The van der Waals surface area contributed by atoms with Gasteiger partial charge in [0.1, 0.15) is 12.3 Å². The Morgan fingerprint density at radius 1 is 1.03 bits per heavy atom. The summed E-state index contributed by atoms with van der Waals surface area (Å²) in [5.74, 6) is 1.11. The normalized spacial score (nSPS) is 19.5. The van der Waals surface area contributed by atoms with Crippen molar-refractivity contribution in [2.24, 2.45) is 13.0 Å². The first-order chi connectivity index (χ1) is 15.6. The number of nitrogens with zero attached hydrogens (tertiary/aromatic N) is 3. The number of hydrogen-bond acceptors (Lipinski definition) is 3. The fourth-order valence-electron chi connectivity index (χ4n) is 4.45. The molecule has 6 heteroatoms. The van der Waals surface area contributed by atoms with Gasteiger partial charge in [-0.2, -0.15) is 0 Å². The van der Waals surface area contributed by atoms with Crippen LogP contribution in [0.4, 0.5) is 0 Å². The molecule has 0 spiro atoms. The lowest BCUT2D eigenvalue weighted by atomic mass is 10.1. The Kier molecular flexibility index (Phi) is 5.60. The van der Waals surface area contributed by atoms with Gasteiger partial charge in [-0.15, -0.1) is 0 Å². The molecule has 1 aromatic carbocycles. The lowest BCUT2D eigenvalue weighted by molar-refractivity contribution is -0.142. The van der Waals surface area contributed by atoms with Crippen molar-refractivity contribution in [1.29, 1.82) is 0 Å². The number of rotatable bonds is 9. The summed E-state index contributed by atoms with van der Waals surface area (Å²) in [5, 5.41) is 0. The van der Waals surface area contributed by atoms with Crippen molar-refractivity contribution in [1.82, 2.24) is 14.4 Å². The Hall–Kier alpha value is -3.28. The second-order valence-corrected chi connectivity index (χ2v) is 9.00. The van der Waals surface area contributed by atoms with Crippen LogP contribution in [-0.2, 0) is 29.7 Å². The van der Waals surface area contributed by atoms with Crippen molar-refractivity contribution in [3.05, 3.63) is 84.1 Å². The zero-order valence-electron chi connectivity index (χ0n) is 18.4. The molecule has 2 saturated carbocycles. The van der Waals surface area contributed by atoms with Gasteiger partial charge in [0.15, 0.2) is 0 Å². The fourth-order valence-corrected chi connectivity index (χ4v) is 4.45. The summed E-state index contributed by atoms with van der Waals surface area (Å²) in [6.45, 7) is 0.998. The topological polar surface area (TPSA) is 58.7 Å². The molecule has 2 unspecified atom stereocenters. The third-order valence-electron chi connectivity index (χ3n) is 6.60. The van der Waals surface area contributed by atoms with Crippen LogP contribution in [0.1, 0.15) is 42.2 Å². The first kappa shape index (κ1) is 20.6. The van der Waals surface area contributed by atoms with Crippen molar-refractivity contribution in [2.75, 3.05) is 6.54 Å². The molecule has 2 aromatic heterocycles. The van der Waals surface area contributed by atoms with Gasteiger partial charge in [-0.05, 0) is 55.0 Å². The van der Waals surface area contributed by atoms with Crippen LogP contribution in [0.3, 0.4) is 0 Å². The number of hydrogen-bond donors (Lipinski definition) is 0. The van der Waals surface area contributed by atoms with Crippen LogP contribution in [0.5, 0.6) is 0 Å². The molecule has 5 rings (SSSR count). The van der Waals surface area contributed by atoms with Crippen molar-refractivity contribution >= 4 is 11.8 Å². The molecule has 32 heavy (non-hydrogen) atoms. The van der Waals surface area contributed by atoms with Gasteiger partial charge in [0, 0.05) is 30.9 Å². The van der Waals surface area contributed by atoms with Gasteiger partial charge in [0.25, 0.3) is 0 Å². The van der Waals surface area contributed by atoms with E-state index in [-0.39, 0.29) is 36.2 Å². The molecule has 2 atom stereocenters. The summed E-state index contributed by atoms with van der Waals surface area (Å²) < 4.78 is 7.52. The van der Waals surface area contributed by atoms with Crippen molar-refractivity contribution < 1.29 is 14.0 Å². The van der Waals surface area contributed by atoms with Crippen molar-refractivity contribution in [2.45, 2.75) is 44.3 Å². The van der Waals surface area contributed by atoms with E-state index in [1.807, 2.05) is 65.2 Å². The number of aryl methyl sites for hydroxylation is 1. The predicted octanol–water partition coefficient (Wildman–Crippen LogP) is 3.94. The Morgan fingerprint density at radius 2 is 1.84 bits per heavy atom. The van der Waals surface area contributed by atoms with E-state index in [4.69, 9.17) is 4.42 Å². The third-order valence-corrected chi connectivity index (χ3v) is 6.60. The third kappa shape index (κ3) is 4.49. The van der Waals surface area contributed by atoms with Gasteiger partial charge in [-0.1, -0.05) is 30.3 Å². The van der Waals surface area contributed by atoms with Crippen LogP contribution in [0.15, 0.2) is 71.5 Å². The molecule has 0 saturated heterocycles. The Bertz CT molecular complexity index is 1070. The van der Waals surface area contributed by atoms with E-state index in [0.29, 0.717) is 13.1 Å². The van der Waals surface area contributed by atoms with E-state index in [1.165, 1.54) is 5.56 Å². The minimum absolute atomic E-state index is 0.00259. The molecule has 0 aliphatic heterocycles. The van der Waals surface area contributed by atoms with Gasteiger partial charge in [-0.3, -0.25) is 9.59 Å². The van der Waals surface area contributed by atoms with Crippen LogP contribution in [0.25, 0.3) is 0 Å². The van der Waals surface area contributed by atoms with Gasteiger partial charge >= 0.3 is 0 Å². The molecule has 0 bridgehead atoms. The molecular weight excluding hydrogens is 402 g/mol. The van der Waals surface area contributed by atoms with E-state index in [9.17, 15) is 9.59 Å². The maximum Gasteiger partial charge on any atom is 0.242 e. The minimum Gasteiger partial charge on any atom is -0.467 e. The van der Waals surface area contributed by atoms with Crippen LogP contribution in [-0.4, -0.2) is 38.8 Å². The maximum absolute atomic E-state index is 13.4. The molecule has 2 amide bonds. The summed E-state index contributed by atoms with van der Waals surface area (Å²) in [6, 6.07) is 18.1. The summed E-state index contributed by atoms with van der Waals surface area (Å²) in [7, 11) is 1.97. The standard InChI is InChI=1S/C26H29N3O3/c1-27-13-5-9-21(27)16-28(17-22-10-6-14-32-22)25(30)18-29(20-11-12-20)26(31)24-15-23(24)19-7-3-2-4-8-19/h2-10,13-14,20,23-24H,11-12,15-18H2,1H3. The van der Waals surface area contributed by atoms with Crippen LogP contribution in [0.2, 0.25) is 0 Å². The first-order valence-corrected chi connectivity index (χ1v) is 11.4. The highest BCUT2D eigenvalue weighted by atomic mass is 16.3. The van der Waals surface area contributed by atoms with Crippen LogP contribution in [0, 0.1) is 5.92 Å². The second-order valence-electron chi connectivity index (χ2n) is 9.00. The smallest absolute Gasteiger partial charge is 0.242 e. The van der Waals surface area contributed by atoms with E-state index >= 15 is 0 Å². The monoisotopic (exact) mass is 431 g/mol. The Morgan fingerprint density at radius 3 is 2.50 bits per heavy atom.